The van der Waals surface area contributed by atoms with Crippen molar-refractivity contribution in [1.82, 2.24) is 4.98 Å². The molecule has 0 amide bonds. The second-order valence-corrected chi connectivity index (χ2v) is 7.67. The lowest BCUT2D eigenvalue weighted by molar-refractivity contribution is 0.642. The van der Waals surface area contributed by atoms with Gasteiger partial charge >= 0.3 is 0 Å². The van der Waals surface area contributed by atoms with Crippen LogP contribution in [0.3, 0.4) is 0 Å². The molecule has 136 valence electrons. The summed E-state index contributed by atoms with van der Waals surface area (Å²) in [6.07, 6.45) is 1.82. The lowest BCUT2D eigenvalue weighted by atomic mass is 9.76. The van der Waals surface area contributed by atoms with E-state index in [-0.39, 0.29) is 5.41 Å². The largest absolute Gasteiger partial charge is 0.455 e. The number of benzene rings is 3. The fourth-order valence-corrected chi connectivity index (χ4v) is 4.10. The number of furan rings is 1. The molecule has 2 aromatic heterocycles. The summed E-state index contributed by atoms with van der Waals surface area (Å²) in [5.41, 5.74) is 6.19. The maximum absolute atomic E-state index is 6.37. The molecule has 0 unspecified atom stereocenters. The zero-order valence-electron chi connectivity index (χ0n) is 16.0. The van der Waals surface area contributed by atoms with E-state index in [9.17, 15) is 0 Å². The Morgan fingerprint density at radius 1 is 0.750 bits per heavy atom. The SMILES string of the molecule is CC(C)(c1ccccc1)c1cccc2oc3c(-c4ccccn4)cccc3c12. The van der Waals surface area contributed by atoms with Crippen LogP contribution in [0.25, 0.3) is 33.2 Å². The zero-order chi connectivity index (χ0) is 19.1. The Kier molecular flexibility index (Phi) is 3.80. The standard InChI is InChI=1S/C26H21NO/c1-26(2,18-10-4-3-5-11-18)21-14-9-16-23-24(21)20-13-8-12-19(25(20)28-23)22-15-6-7-17-27-22/h3-17H,1-2H3. The number of aromatic nitrogens is 1. The summed E-state index contributed by atoms with van der Waals surface area (Å²) < 4.78 is 6.37. The Labute approximate surface area is 164 Å². The van der Waals surface area contributed by atoms with E-state index in [4.69, 9.17) is 4.42 Å². The van der Waals surface area contributed by atoms with Gasteiger partial charge in [0.15, 0.2) is 0 Å². The van der Waals surface area contributed by atoms with Gasteiger partial charge in [0.05, 0.1) is 5.69 Å². The fourth-order valence-electron chi connectivity index (χ4n) is 4.10. The molecule has 0 bridgehead atoms. The average molecular weight is 363 g/mol. The van der Waals surface area contributed by atoms with Crippen LogP contribution >= 0.6 is 0 Å². The smallest absolute Gasteiger partial charge is 0.144 e. The van der Waals surface area contributed by atoms with Gasteiger partial charge in [0, 0.05) is 27.9 Å². The lowest BCUT2D eigenvalue weighted by Gasteiger charge is -2.27. The number of hydrogen-bond acceptors (Lipinski definition) is 2. The Balaban J connectivity index is 1.82. The molecule has 2 heterocycles. The summed E-state index contributed by atoms with van der Waals surface area (Å²) >= 11 is 0. The maximum Gasteiger partial charge on any atom is 0.144 e. The van der Waals surface area contributed by atoms with Crippen LogP contribution in [0.2, 0.25) is 0 Å². The summed E-state index contributed by atoms with van der Waals surface area (Å²) in [4.78, 5) is 4.53. The molecular formula is C26H21NO. The van der Waals surface area contributed by atoms with E-state index in [2.05, 4.69) is 85.6 Å². The van der Waals surface area contributed by atoms with E-state index in [0.717, 1.165) is 27.8 Å². The minimum absolute atomic E-state index is 0.140. The van der Waals surface area contributed by atoms with E-state index in [1.54, 1.807) is 0 Å². The van der Waals surface area contributed by atoms with Gasteiger partial charge in [-0.2, -0.15) is 0 Å². The molecule has 2 heteroatoms. The van der Waals surface area contributed by atoms with Crippen molar-refractivity contribution in [2.45, 2.75) is 19.3 Å². The molecular weight excluding hydrogens is 342 g/mol. The fraction of sp³-hybridized carbons (Fsp3) is 0.115. The Hall–Kier alpha value is -3.39. The third kappa shape index (κ3) is 2.53. The molecule has 0 atom stereocenters. The first-order chi connectivity index (χ1) is 13.7. The molecule has 0 fully saturated rings. The molecule has 0 saturated carbocycles. The van der Waals surface area contributed by atoms with Crippen LogP contribution in [0.4, 0.5) is 0 Å². The van der Waals surface area contributed by atoms with Crippen molar-refractivity contribution < 1.29 is 4.42 Å². The van der Waals surface area contributed by atoms with Gasteiger partial charge in [0.25, 0.3) is 0 Å². The molecule has 0 N–H and O–H groups in total. The van der Waals surface area contributed by atoms with E-state index < -0.39 is 0 Å². The first kappa shape index (κ1) is 16.8. The molecule has 0 spiro atoms. The normalized spacial score (nSPS) is 11.9. The Morgan fingerprint density at radius 2 is 1.54 bits per heavy atom. The third-order valence-electron chi connectivity index (χ3n) is 5.63. The average Bonchev–Trinajstić information content (AvgIpc) is 3.14. The quantitative estimate of drug-likeness (QED) is 0.346. The van der Waals surface area contributed by atoms with Crippen LogP contribution in [0.5, 0.6) is 0 Å². The van der Waals surface area contributed by atoms with Crippen molar-refractivity contribution >= 4 is 21.9 Å². The van der Waals surface area contributed by atoms with Crippen molar-refractivity contribution in [2.75, 3.05) is 0 Å². The highest BCUT2D eigenvalue weighted by atomic mass is 16.3. The highest BCUT2D eigenvalue weighted by Gasteiger charge is 2.27. The molecule has 5 aromatic rings. The third-order valence-corrected chi connectivity index (χ3v) is 5.63. The van der Waals surface area contributed by atoms with Gasteiger partial charge in [0.1, 0.15) is 11.2 Å². The second-order valence-electron chi connectivity index (χ2n) is 7.67. The number of hydrogen-bond donors (Lipinski definition) is 0. The highest BCUT2D eigenvalue weighted by Crippen LogP contribution is 2.42. The molecule has 0 radical (unpaired) electrons. The van der Waals surface area contributed by atoms with Crippen molar-refractivity contribution in [1.29, 1.82) is 0 Å². The van der Waals surface area contributed by atoms with Gasteiger partial charge in [-0.1, -0.05) is 74.5 Å². The molecule has 2 nitrogen and oxygen atoms in total. The Morgan fingerprint density at radius 3 is 2.32 bits per heavy atom. The molecule has 0 aliphatic carbocycles. The number of pyridine rings is 1. The predicted molar refractivity (Wildman–Crippen MR) is 116 cm³/mol. The minimum Gasteiger partial charge on any atom is -0.455 e. The summed E-state index contributed by atoms with van der Waals surface area (Å²) in [6.45, 7) is 4.55. The van der Waals surface area contributed by atoms with E-state index in [0.29, 0.717) is 0 Å². The van der Waals surface area contributed by atoms with Crippen LogP contribution in [0.15, 0.2) is 95.5 Å². The topological polar surface area (TPSA) is 26.0 Å². The zero-order valence-corrected chi connectivity index (χ0v) is 16.0. The minimum atomic E-state index is -0.140. The van der Waals surface area contributed by atoms with Crippen LogP contribution < -0.4 is 0 Å². The lowest BCUT2D eigenvalue weighted by Crippen LogP contribution is -2.19. The second kappa shape index (κ2) is 6.35. The summed E-state index contributed by atoms with van der Waals surface area (Å²) in [5.74, 6) is 0. The molecule has 3 aromatic carbocycles. The monoisotopic (exact) mass is 363 g/mol. The number of para-hydroxylation sites is 1. The molecule has 0 aliphatic rings. The van der Waals surface area contributed by atoms with Crippen LogP contribution in [0, 0.1) is 0 Å². The van der Waals surface area contributed by atoms with Crippen LogP contribution in [0.1, 0.15) is 25.0 Å². The van der Waals surface area contributed by atoms with Gasteiger partial charge in [-0.05, 0) is 35.4 Å². The van der Waals surface area contributed by atoms with Gasteiger partial charge in [-0.25, -0.2) is 0 Å². The van der Waals surface area contributed by atoms with Crippen molar-refractivity contribution in [3.63, 3.8) is 0 Å². The highest BCUT2D eigenvalue weighted by molar-refractivity contribution is 6.11. The van der Waals surface area contributed by atoms with Gasteiger partial charge in [-0.15, -0.1) is 0 Å². The van der Waals surface area contributed by atoms with Crippen molar-refractivity contribution in [2.24, 2.45) is 0 Å². The van der Waals surface area contributed by atoms with E-state index in [1.165, 1.54) is 16.5 Å². The number of fused-ring (bicyclic) bond motifs is 3. The number of nitrogens with zero attached hydrogens (tertiary/aromatic N) is 1. The van der Waals surface area contributed by atoms with Crippen molar-refractivity contribution in [3.8, 4) is 11.3 Å². The van der Waals surface area contributed by atoms with Gasteiger partial charge < -0.3 is 4.42 Å². The van der Waals surface area contributed by atoms with Crippen molar-refractivity contribution in [3.05, 3.63) is 102 Å². The van der Waals surface area contributed by atoms with Crippen LogP contribution in [-0.2, 0) is 5.41 Å². The summed E-state index contributed by atoms with van der Waals surface area (Å²) in [7, 11) is 0. The Bertz CT molecular complexity index is 1270. The van der Waals surface area contributed by atoms with Gasteiger partial charge in [-0.3, -0.25) is 4.98 Å². The molecule has 0 aliphatic heterocycles. The molecule has 0 saturated heterocycles. The van der Waals surface area contributed by atoms with E-state index in [1.807, 2.05) is 24.4 Å². The predicted octanol–water partition coefficient (Wildman–Crippen LogP) is 6.97. The first-order valence-corrected chi connectivity index (χ1v) is 9.58. The molecule has 5 rings (SSSR count). The summed E-state index contributed by atoms with van der Waals surface area (Å²) in [6, 6.07) is 29.3. The van der Waals surface area contributed by atoms with Crippen LogP contribution in [-0.4, -0.2) is 4.98 Å². The first-order valence-electron chi connectivity index (χ1n) is 9.58. The summed E-state index contributed by atoms with van der Waals surface area (Å²) in [5, 5.41) is 2.32. The van der Waals surface area contributed by atoms with E-state index >= 15 is 0 Å². The van der Waals surface area contributed by atoms with Gasteiger partial charge in [0.2, 0.25) is 0 Å². The maximum atomic E-state index is 6.37. The molecule has 28 heavy (non-hydrogen) atoms. The number of rotatable bonds is 3.